The lowest BCUT2D eigenvalue weighted by atomic mass is 10.0. The first-order chi connectivity index (χ1) is 9.58. The molecule has 0 fully saturated rings. The van der Waals surface area contributed by atoms with Crippen LogP contribution in [0.1, 0.15) is 16.7 Å². The number of benzene rings is 2. The molecule has 0 atom stereocenters. The molecule has 0 unspecified atom stereocenters. The van der Waals surface area contributed by atoms with Crippen molar-refractivity contribution in [2.45, 2.75) is 20.0 Å². The Hall–Kier alpha value is -2.36. The maximum atomic E-state index is 14.1. The highest BCUT2D eigenvalue weighted by atomic mass is 19.1. The van der Waals surface area contributed by atoms with Crippen molar-refractivity contribution in [3.63, 3.8) is 0 Å². The van der Waals surface area contributed by atoms with Crippen molar-refractivity contribution in [3.05, 3.63) is 65.0 Å². The first-order valence-corrected chi connectivity index (χ1v) is 6.24. The van der Waals surface area contributed by atoms with Gasteiger partial charge in [-0.05, 0) is 29.7 Å². The third-order valence-electron chi connectivity index (χ3n) is 3.04. The molecule has 20 heavy (non-hydrogen) atoms. The number of aliphatic carboxylic acids is 1. The summed E-state index contributed by atoms with van der Waals surface area (Å²) in [5.41, 5.74) is 1.72. The molecule has 0 aliphatic rings. The summed E-state index contributed by atoms with van der Waals surface area (Å²) in [6, 6.07) is 12.5. The van der Waals surface area contributed by atoms with Crippen molar-refractivity contribution in [3.8, 4) is 5.75 Å². The minimum atomic E-state index is -0.981. The SMILES string of the molecule is Cc1c(CC(=O)O)ccc(OCc2ccccc2)c1F. The van der Waals surface area contributed by atoms with Crippen molar-refractivity contribution >= 4 is 5.97 Å². The summed E-state index contributed by atoms with van der Waals surface area (Å²) in [6.07, 6.45) is -0.193. The first-order valence-electron chi connectivity index (χ1n) is 6.24. The molecule has 0 amide bonds. The number of hydrogen-bond acceptors (Lipinski definition) is 2. The summed E-state index contributed by atoms with van der Waals surface area (Å²) in [4.78, 5) is 10.7. The molecule has 0 bridgehead atoms. The largest absolute Gasteiger partial charge is 0.486 e. The lowest BCUT2D eigenvalue weighted by molar-refractivity contribution is -0.136. The van der Waals surface area contributed by atoms with Gasteiger partial charge in [-0.25, -0.2) is 4.39 Å². The lowest BCUT2D eigenvalue weighted by Crippen LogP contribution is -2.05. The van der Waals surface area contributed by atoms with Crippen LogP contribution in [0.5, 0.6) is 5.75 Å². The average Bonchev–Trinajstić information content (AvgIpc) is 2.44. The van der Waals surface area contributed by atoms with Gasteiger partial charge in [0, 0.05) is 0 Å². The highest BCUT2D eigenvalue weighted by Crippen LogP contribution is 2.24. The van der Waals surface area contributed by atoms with Crippen LogP contribution in [0.2, 0.25) is 0 Å². The van der Waals surface area contributed by atoms with E-state index in [1.165, 1.54) is 6.07 Å². The van der Waals surface area contributed by atoms with Crippen LogP contribution < -0.4 is 4.74 Å². The average molecular weight is 274 g/mol. The van der Waals surface area contributed by atoms with Crippen molar-refractivity contribution in [1.82, 2.24) is 0 Å². The molecular weight excluding hydrogens is 259 g/mol. The third kappa shape index (κ3) is 3.35. The molecule has 0 spiro atoms. The monoisotopic (exact) mass is 274 g/mol. The molecule has 0 aliphatic carbocycles. The van der Waals surface area contributed by atoms with E-state index in [9.17, 15) is 9.18 Å². The van der Waals surface area contributed by atoms with Gasteiger partial charge in [-0.1, -0.05) is 36.4 Å². The molecule has 0 saturated heterocycles. The molecule has 3 nitrogen and oxygen atoms in total. The van der Waals surface area contributed by atoms with Crippen LogP contribution >= 0.6 is 0 Å². The highest BCUT2D eigenvalue weighted by molar-refractivity contribution is 5.70. The van der Waals surface area contributed by atoms with E-state index in [0.717, 1.165) is 5.56 Å². The minimum Gasteiger partial charge on any atom is -0.486 e. The third-order valence-corrected chi connectivity index (χ3v) is 3.04. The predicted octanol–water partition coefficient (Wildman–Crippen LogP) is 3.34. The normalized spacial score (nSPS) is 10.3. The first kappa shape index (κ1) is 14.1. The van der Waals surface area contributed by atoms with Gasteiger partial charge in [0.25, 0.3) is 0 Å². The van der Waals surface area contributed by atoms with Gasteiger partial charge in [0.2, 0.25) is 0 Å². The van der Waals surface area contributed by atoms with E-state index >= 15 is 0 Å². The van der Waals surface area contributed by atoms with E-state index in [1.54, 1.807) is 13.0 Å². The predicted molar refractivity (Wildman–Crippen MR) is 73.3 cm³/mol. The fourth-order valence-corrected chi connectivity index (χ4v) is 1.90. The molecule has 0 radical (unpaired) electrons. The number of hydrogen-bond donors (Lipinski definition) is 1. The Kier molecular flexibility index (Phi) is 4.35. The van der Waals surface area contributed by atoms with E-state index in [0.29, 0.717) is 11.1 Å². The molecule has 2 aromatic carbocycles. The van der Waals surface area contributed by atoms with E-state index in [-0.39, 0.29) is 18.8 Å². The second-order valence-corrected chi connectivity index (χ2v) is 4.51. The highest BCUT2D eigenvalue weighted by Gasteiger charge is 2.13. The van der Waals surface area contributed by atoms with Crippen molar-refractivity contribution in [2.75, 3.05) is 0 Å². The van der Waals surface area contributed by atoms with Crippen LogP contribution in [-0.2, 0) is 17.8 Å². The summed E-state index contributed by atoms with van der Waals surface area (Å²) in [5.74, 6) is -1.34. The maximum absolute atomic E-state index is 14.1. The van der Waals surface area contributed by atoms with Gasteiger partial charge in [-0.3, -0.25) is 4.79 Å². The topological polar surface area (TPSA) is 46.5 Å². The van der Waals surface area contributed by atoms with E-state index < -0.39 is 11.8 Å². The Morgan fingerprint density at radius 2 is 1.90 bits per heavy atom. The zero-order valence-electron chi connectivity index (χ0n) is 11.1. The van der Waals surface area contributed by atoms with Crippen molar-refractivity contribution in [1.29, 1.82) is 0 Å². The molecular formula is C16H15FO3. The summed E-state index contributed by atoms with van der Waals surface area (Å²) < 4.78 is 19.5. The quantitative estimate of drug-likeness (QED) is 0.909. The molecule has 2 rings (SSSR count). The van der Waals surface area contributed by atoms with Crippen LogP contribution in [-0.4, -0.2) is 11.1 Å². The Morgan fingerprint density at radius 1 is 1.20 bits per heavy atom. The van der Waals surface area contributed by atoms with Crippen LogP contribution in [0.3, 0.4) is 0 Å². The van der Waals surface area contributed by atoms with Gasteiger partial charge >= 0.3 is 5.97 Å². The Bertz CT molecular complexity index is 609. The molecule has 0 aromatic heterocycles. The van der Waals surface area contributed by atoms with Crippen LogP contribution in [0.25, 0.3) is 0 Å². The van der Waals surface area contributed by atoms with Gasteiger partial charge < -0.3 is 9.84 Å². The fourth-order valence-electron chi connectivity index (χ4n) is 1.90. The lowest BCUT2D eigenvalue weighted by Gasteiger charge is -2.11. The van der Waals surface area contributed by atoms with Gasteiger partial charge in [0.05, 0.1) is 6.42 Å². The van der Waals surface area contributed by atoms with Crippen LogP contribution in [0, 0.1) is 12.7 Å². The van der Waals surface area contributed by atoms with E-state index in [2.05, 4.69) is 0 Å². The summed E-state index contributed by atoms with van der Waals surface area (Å²) >= 11 is 0. The molecule has 0 heterocycles. The molecule has 2 aromatic rings. The summed E-state index contributed by atoms with van der Waals surface area (Å²) in [6.45, 7) is 1.83. The van der Waals surface area contributed by atoms with Gasteiger partial charge in [0.1, 0.15) is 6.61 Å². The molecule has 104 valence electrons. The number of carbonyl (C=O) groups is 1. The minimum absolute atomic E-state index is 0.139. The van der Waals surface area contributed by atoms with Gasteiger partial charge in [-0.15, -0.1) is 0 Å². The van der Waals surface area contributed by atoms with Gasteiger partial charge in [-0.2, -0.15) is 0 Å². The molecule has 0 aliphatic heterocycles. The Balaban J connectivity index is 2.13. The molecule has 1 N–H and O–H groups in total. The van der Waals surface area contributed by atoms with Gasteiger partial charge in [0.15, 0.2) is 11.6 Å². The number of carboxylic acid groups (broad SMARTS) is 1. The Morgan fingerprint density at radius 3 is 2.55 bits per heavy atom. The van der Waals surface area contributed by atoms with Crippen molar-refractivity contribution < 1.29 is 19.0 Å². The summed E-state index contributed by atoms with van der Waals surface area (Å²) in [7, 11) is 0. The zero-order valence-corrected chi connectivity index (χ0v) is 11.1. The smallest absolute Gasteiger partial charge is 0.307 e. The number of ether oxygens (including phenoxy) is 1. The van der Waals surface area contributed by atoms with Crippen molar-refractivity contribution in [2.24, 2.45) is 0 Å². The van der Waals surface area contributed by atoms with E-state index in [4.69, 9.17) is 9.84 Å². The molecule has 4 heteroatoms. The number of carboxylic acids is 1. The Labute approximate surface area is 116 Å². The fraction of sp³-hybridized carbons (Fsp3) is 0.188. The second-order valence-electron chi connectivity index (χ2n) is 4.51. The van der Waals surface area contributed by atoms with Crippen LogP contribution in [0.4, 0.5) is 4.39 Å². The van der Waals surface area contributed by atoms with E-state index in [1.807, 2.05) is 30.3 Å². The number of rotatable bonds is 5. The number of halogens is 1. The molecule has 0 saturated carbocycles. The second kappa shape index (κ2) is 6.19. The zero-order chi connectivity index (χ0) is 14.5. The maximum Gasteiger partial charge on any atom is 0.307 e. The summed E-state index contributed by atoms with van der Waals surface area (Å²) in [5, 5.41) is 8.75. The standard InChI is InChI=1S/C16H15FO3/c1-11-13(9-15(18)19)7-8-14(16(11)17)20-10-12-5-3-2-4-6-12/h2-8H,9-10H2,1H3,(H,18,19). The van der Waals surface area contributed by atoms with Crippen LogP contribution in [0.15, 0.2) is 42.5 Å².